The maximum absolute atomic E-state index is 12.9. The third-order valence-corrected chi connectivity index (χ3v) is 4.23. The quantitative estimate of drug-likeness (QED) is 0.554. The zero-order valence-corrected chi connectivity index (χ0v) is 16.1. The molecule has 0 aliphatic carbocycles. The Morgan fingerprint density at radius 2 is 1.89 bits per heavy atom. The van der Waals surface area contributed by atoms with E-state index >= 15 is 0 Å². The molecule has 8 heteroatoms. The first-order valence-electron chi connectivity index (χ1n) is 8.85. The molecule has 0 unspecified atom stereocenters. The van der Waals surface area contributed by atoms with Gasteiger partial charge in [-0.1, -0.05) is 25.1 Å². The van der Waals surface area contributed by atoms with Crippen LogP contribution in [0.1, 0.15) is 29.3 Å². The van der Waals surface area contributed by atoms with Crippen LogP contribution >= 0.6 is 0 Å². The number of hydrogen-bond donors (Lipinski definition) is 1. The van der Waals surface area contributed by atoms with Gasteiger partial charge in [-0.25, -0.2) is 0 Å². The molecular formula is C20H23N3O5. The van der Waals surface area contributed by atoms with Crippen LogP contribution in [0, 0.1) is 17.0 Å². The number of rotatable bonds is 8. The Bertz CT molecular complexity index is 882. The Hall–Kier alpha value is -3.42. The third-order valence-electron chi connectivity index (χ3n) is 4.23. The summed E-state index contributed by atoms with van der Waals surface area (Å²) in [6, 6.07) is 11.3. The predicted octanol–water partition coefficient (Wildman–Crippen LogP) is 3.40. The fourth-order valence-electron chi connectivity index (χ4n) is 2.86. The van der Waals surface area contributed by atoms with E-state index in [0.29, 0.717) is 24.4 Å². The molecule has 8 nitrogen and oxygen atoms in total. The Kier molecular flexibility index (Phi) is 7.08. The van der Waals surface area contributed by atoms with Crippen molar-refractivity contribution in [1.29, 1.82) is 0 Å². The van der Waals surface area contributed by atoms with Crippen LogP contribution < -0.4 is 10.1 Å². The van der Waals surface area contributed by atoms with Gasteiger partial charge in [0.25, 0.3) is 11.6 Å². The van der Waals surface area contributed by atoms with Crippen molar-refractivity contribution in [2.24, 2.45) is 0 Å². The molecule has 0 saturated carbocycles. The number of anilines is 1. The number of benzene rings is 2. The van der Waals surface area contributed by atoms with E-state index in [1.54, 1.807) is 24.3 Å². The van der Waals surface area contributed by atoms with Crippen molar-refractivity contribution >= 4 is 23.2 Å². The van der Waals surface area contributed by atoms with E-state index in [1.807, 2.05) is 6.92 Å². The van der Waals surface area contributed by atoms with Gasteiger partial charge in [0.15, 0.2) is 0 Å². The molecular weight excluding hydrogens is 362 g/mol. The van der Waals surface area contributed by atoms with Gasteiger partial charge < -0.3 is 15.0 Å². The highest BCUT2D eigenvalue weighted by atomic mass is 16.6. The van der Waals surface area contributed by atoms with E-state index in [2.05, 4.69) is 5.32 Å². The van der Waals surface area contributed by atoms with E-state index in [-0.39, 0.29) is 29.3 Å². The predicted molar refractivity (Wildman–Crippen MR) is 106 cm³/mol. The molecule has 0 spiro atoms. The topological polar surface area (TPSA) is 102 Å². The van der Waals surface area contributed by atoms with Crippen molar-refractivity contribution < 1.29 is 19.2 Å². The highest BCUT2D eigenvalue weighted by Crippen LogP contribution is 2.24. The summed E-state index contributed by atoms with van der Waals surface area (Å²) in [5.74, 6) is -0.286. The summed E-state index contributed by atoms with van der Waals surface area (Å²) in [5, 5.41) is 13.9. The minimum absolute atomic E-state index is 0.124. The Morgan fingerprint density at radius 1 is 1.18 bits per heavy atom. The highest BCUT2D eigenvalue weighted by molar-refractivity contribution is 6.01. The molecule has 2 aromatic rings. The van der Waals surface area contributed by atoms with Gasteiger partial charge in [-0.15, -0.1) is 0 Å². The fraction of sp³-hybridized carbons (Fsp3) is 0.300. The molecule has 0 atom stereocenters. The number of ether oxygens (including phenoxy) is 1. The molecule has 2 amide bonds. The van der Waals surface area contributed by atoms with Crippen molar-refractivity contribution in [1.82, 2.24) is 4.90 Å². The van der Waals surface area contributed by atoms with Crippen LogP contribution in [0.5, 0.6) is 5.75 Å². The summed E-state index contributed by atoms with van der Waals surface area (Å²) in [6.07, 6.45) is 0.641. The lowest BCUT2D eigenvalue weighted by atomic mass is 10.1. The average molecular weight is 385 g/mol. The first kappa shape index (κ1) is 20.9. The largest absolute Gasteiger partial charge is 0.495 e. The molecule has 0 aromatic heterocycles. The number of carbonyl (C=O) groups is 2. The van der Waals surface area contributed by atoms with Crippen molar-refractivity contribution in [2.45, 2.75) is 20.3 Å². The second kappa shape index (κ2) is 9.50. The smallest absolute Gasteiger partial charge is 0.273 e. The van der Waals surface area contributed by atoms with Gasteiger partial charge in [0.1, 0.15) is 12.3 Å². The van der Waals surface area contributed by atoms with E-state index < -0.39 is 10.8 Å². The fourth-order valence-corrected chi connectivity index (χ4v) is 2.86. The van der Waals surface area contributed by atoms with Crippen LogP contribution in [0.2, 0.25) is 0 Å². The summed E-state index contributed by atoms with van der Waals surface area (Å²) in [4.78, 5) is 37.4. The molecule has 0 radical (unpaired) electrons. The second-order valence-electron chi connectivity index (χ2n) is 6.18. The van der Waals surface area contributed by atoms with Gasteiger partial charge in [0.2, 0.25) is 5.91 Å². The maximum Gasteiger partial charge on any atom is 0.273 e. The molecule has 0 saturated heterocycles. The molecule has 148 valence electrons. The number of nitro groups is 1. The molecule has 1 N–H and O–H groups in total. The number of carbonyl (C=O) groups excluding carboxylic acids is 2. The molecule has 2 aromatic carbocycles. The Balaban J connectivity index is 2.21. The first-order chi connectivity index (χ1) is 13.4. The molecule has 0 fully saturated rings. The molecule has 28 heavy (non-hydrogen) atoms. The number of nitro benzene ring substituents is 1. The Labute approximate surface area is 163 Å². The van der Waals surface area contributed by atoms with Gasteiger partial charge in [-0.2, -0.15) is 0 Å². The zero-order chi connectivity index (χ0) is 20.7. The van der Waals surface area contributed by atoms with Crippen molar-refractivity contribution in [3.63, 3.8) is 0 Å². The monoisotopic (exact) mass is 385 g/mol. The number of methoxy groups -OCH3 is 1. The zero-order valence-electron chi connectivity index (χ0n) is 16.1. The van der Waals surface area contributed by atoms with Crippen LogP contribution in [-0.2, 0) is 4.79 Å². The van der Waals surface area contributed by atoms with Gasteiger partial charge >= 0.3 is 0 Å². The highest BCUT2D eigenvalue weighted by Gasteiger charge is 2.23. The third kappa shape index (κ3) is 4.85. The number of hydrogen-bond acceptors (Lipinski definition) is 5. The van der Waals surface area contributed by atoms with Gasteiger partial charge in [0.05, 0.1) is 17.7 Å². The maximum atomic E-state index is 12.9. The molecule has 0 heterocycles. The molecule has 2 rings (SSSR count). The molecule has 0 aliphatic heterocycles. The number of amides is 2. The second-order valence-corrected chi connectivity index (χ2v) is 6.18. The van der Waals surface area contributed by atoms with Crippen molar-refractivity contribution in [2.75, 3.05) is 25.5 Å². The number of nitrogens with zero attached hydrogens (tertiary/aromatic N) is 2. The lowest BCUT2D eigenvalue weighted by Gasteiger charge is -2.22. The normalized spacial score (nSPS) is 10.2. The standard InChI is InChI=1S/C20H23N3O5/c1-4-12-22(13-19(24)21-16-9-5-6-11-18(16)28-3)20(25)15-8-7-10-17(14(15)2)23(26)27/h5-11H,4,12-13H2,1-3H3,(H,21,24). The van der Waals surface area contributed by atoms with Crippen molar-refractivity contribution in [3.8, 4) is 5.75 Å². The van der Waals surface area contributed by atoms with Crippen LogP contribution in [-0.4, -0.2) is 41.8 Å². The van der Waals surface area contributed by atoms with Crippen LogP contribution in [0.3, 0.4) is 0 Å². The lowest BCUT2D eigenvalue weighted by molar-refractivity contribution is -0.385. The van der Waals surface area contributed by atoms with Gasteiger partial charge in [0, 0.05) is 23.7 Å². The number of nitrogens with one attached hydrogen (secondary N) is 1. The summed E-state index contributed by atoms with van der Waals surface area (Å²) in [5.41, 5.74) is 0.877. The number of para-hydroxylation sites is 2. The summed E-state index contributed by atoms with van der Waals surface area (Å²) >= 11 is 0. The summed E-state index contributed by atoms with van der Waals surface area (Å²) in [6.45, 7) is 3.59. The minimum Gasteiger partial charge on any atom is -0.495 e. The van der Waals surface area contributed by atoms with Crippen LogP contribution in [0.4, 0.5) is 11.4 Å². The van der Waals surface area contributed by atoms with E-state index in [0.717, 1.165) is 0 Å². The Morgan fingerprint density at radius 3 is 2.54 bits per heavy atom. The average Bonchev–Trinajstić information content (AvgIpc) is 2.67. The van der Waals surface area contributed by atoms with Crippen molar-refractivity contribution in [3.05, 3.63) is 63.7 Å². The van der Waals surface area contributed by atoms with Gasteiger partial charge in [-0.05, 0) is 31.5 Å². The first-order valence-corrected chi connectivity index (χ1v) is 8.85. The van der Waals surface area contributed by atoms with E-state index in [4.69, 9.17) is 4.74 Å². The molecule has 0 aliphatic rings. The van der Waals surface area contributed by atoms with E-state index in [9.17, 15) is 19.7 Å². The SMILES string of the molecule is CCCN(CC(=O)Nc1ccccc1OC)C(=O)c1cccc([N+](=O)[O-])c1C. The van der Waals surface area contributed by atoms with Crippen LogP contribution in [0.15, 0.2) is 42.5 Å². The van der Waals surface area contributed by atoms with Gasteiger partial charge in [-0.3, -0.25) is 19.7 Å². The lowest BCUT2D eigenvalue weighted by Crippen LogP contribution is -2.39. The summed E-state index contributed by atoms with van der Waals surface area (Å²) < 4.78 is 5.21. The minimum atomic E-state index is -0.523. The molecule has 0 bridgehead atoms. The van der Waals surface area contributed by atoms with Crippen LogP contribution in [0.25, 0.3) is 0 Å². The van der Waals surface area contributed by atoms with E-state index in [1.165, 1.54) is 37.1 Å². The summed E-state index contributed by atoms with van der Waals surface area (Å²) in [7, 11) is 1.50.